The Kier molecular flexibility index (Phi) is 12.9. The van der Waals surface area contributed by atoms with Gasteiger partial charge >= 0.3 is 0 Å². The van der Waals surface area contributed by atoms with Crippen LogP contribution in [0.25, 0.3) is 0 Å². The van der Waals surface area contributed by atoms with Crippen LogP contribution in [0.5, 0.6) is 5.75 Å². The molecule has 0 aliphatic rings. The maximum Gasteiger partial charge on any atom is 0.232 e. The molecule has 0 aromatic heterocycles. The number of phenolic OH excluding ortho intramolecular Hbond substituents is 1. The molecule has 0 saturated heterocycles. The Balaban J connectivity index is 2.57. The van der Waals surface area contributed by atoms with Gasteiger partial charge < -0.3 is 5.11 Å². The number of benzene rings is 1. The molecule has 0 fully saturated rings. The highest BCUT2D eigenvalue weighted by molar-refractivity contribution is 7.93. The number of sulfonamides is 2. The average Bonchev–Trinajstić information content (AvgIpc) is 2.69. The summed E-state index contributed by atoms with van der Waals surface area (Å²) in [5.41, 5.74) is 0.201. The van der Waals surface area contributed by atoms with Crippen LogP contribution in [0.4, 0.5) is 11.4 Å². The van der Waals surface area contributed by atoms with Crippen LogP contribution in [0, 0.1) is 0 Å². The van der Waals surface area contributed by atoms with Crippen LogP contribution in [0.15, 0.2) is 18.2 Å². The van der Waals surface area contributed by atoms with E-state index in [-0.39, 0.29) is 28.6 Å². The molecule has 0 amide bonds. The summed E-state index contributed by atoms with van der Waals surface area (Å²) in [6.45, 7) is 4.26. The molecule has 0 spiro atoms. The first-order valence-corrected chi connectivity index (χ1v) is 14.8. The van der Waals surface area contributed by atoms with E-state index in [1.807, 2.05) is 0 Å². The number of unbranched alkanes of at least 4 members (excludes halogenated alkanes) is 10. The monoisotopic (exact) mass is 476 g/mol. The molecule has 0 bridgehead atoms. The van der Waals surface area contributed by atoms with Crippen molar-refractivity contribution in [2.75, 3.05) is 20.9 Å². The minimum absolute atomic E-state index is 0.0130. The molecule has 0 aliphatic heterocycles. The van der Waals surface area contributed by atoms with E-state index in [0.717, 1.165) is 64.2 Å². The van der Waals surface area contributed by atoms with Crippen molar-refractivity contribution in [2.45, 2.75) is 90.9 Å². The normalized spacial score (nSPS) is 12.1. The van der Waals surface area contributed by atoms with Gasteiger partial charge in [-0.05, 0) is 31.0 Å². The third-order valence-electron chi connectivity index (χ3n) is 5.07. The third kappa shape index (κ3) is 12.8. The quantitative estimate of drug-likeness (QED) is 0.145. The molecular formula is C22H40N2O5S2. The van der Waals surface area contributed by atoms with Crippen molar-refractivity contribution < 1.29 is 21.9 Å². The maximum absolute atomic E-state index is 12.3. The van der Waals surface area contributed by atoms with Crippen molar-refractivity contribution >= 4 is 31.4 Å². The molecule has 0 atom stereocenters. The van der Waals surface area contributed by atoms with Gasteiger partial charge in [-0.25, -0.2) is 16.8 Å². The third-order valence-corrected chi connectivity index (χ3v) is 7.80. The number of hydrogen-bond donors (Lipinski definition) is 3. The van der Waals surface area contributed by atoms with Crippen molar-refractivity contribution in [1.29, 1.82) is 0 Å². The molecule has 3 N–H and O–H groups in total. The van der Waals surface area contributed by atoms with Crippen molar-refractivity contribution in [1.82, 2.24) is 0 Å². The zero-order chi connectivity index (χ0) is 23.2. The predicted molar refractivity (Wildman–Crippen MR) is 130 cm³/mol. The number of anilines is 2. The first kappa shape index (κ1) is 27.6. The largest absolute Gasteiger partial charge is 0.506 e. The van der Waals surface area contributed by atoms with Crippen molar-refractivity contribution in [3.63, 3.8) is 0 Å². The number of nitrogens with one attached hydrogen (secondary N) is 2. The van der Waals surface area contributed by atoms with Crippen molar-refractivity contribution in [2.24, 2.45) is 0 Å². The minimum Gasteiger partial charge on any atom is -0.506 e. The van der Waals surface area contributed by atoms with Crippen LogP contribution in [0.1, 0.15) is 90.9 Å². The topological polar surface area (TPSA) is 113 Å². The Morgan fingerprint density at radius 3 is 1.65 bits per heavy atom. The Bertz CT molecular complexity index is 839. The lowest BCUT2D eigenvalue weighted by Gasteiger charge is -2.13. The van der Waals surface area contributed by atoms with Crippen LogP contribution >= 0.6 is 0 Å². The number of rotatable bonds is 18. The molecule has 1 aromatic rings. The van der Waals surface area contributed by atoms with E-state index in [1.54, 1.807) is 0 Å². The van der Waals surface area contributed by atoms with Gasteiger partial charge in [-0.1, -0.05) is 78.1 Å². The lowest BCUT2D eigenvalue weighted by atomic mass is 10.1. The van der Waals surface area contributed by atoms with Gasteiger partial charge in [-0.2, -0.15) is 0 Å². The van der Waals surface area contributed by atoms with Crippen LogP contribution < -0.4 is 9.44 Å². The molecule has 0 saturated carbocycles. The number of phenols is 1. The standard InChI is InChI=1S/C22H40N2O5S2/c1-3-5-7-9-11-13-17-30(26,27)23-20-15-16-22(25)21(19-20)24-31(28,29)18-14-12-10-8-6-4-2/h15-16,19,23-25H,3-14,17-18H2,1-2H3. The van der Waals surface area contributed by atoms with Crippen LogP contribution in [0.2, 0.25) is 0 Å². The average molecular weight is 477 g/mol. The van der Waals surface area contributed by atoms with E-state index in [4.69, 9.17) is 0 Å². The second kappa shape index (κ2) is 14.6. The highest BCUT2D eigenvalue weighted by atomic mass is 32.2. The molecule has 0 aliphatic carbocycles. The molecule has 9 heteroatoms. The smallest absolute Gasteiger partial charge is 0.232 e. The summed E-state index contributed by atoms with van der Waals surface area (Å²) in [4.78, 5) is 0. The summed E-state index contributed by atoms with van der Waals surface area (Å²) in [6.07, 6.45) is 11.7. The zero-order valence-electron chi connectivity index (χ0n) is 19.0. The van der Waals surface area contributed by atoms with E-state index >= 15 is 0 Å². The van der Waals surface area contributed by atoms with Gasteiger partial charge in [-0.3, -0.25) is 9.44 Å². The van der Waals surface area contributed by atoms with Crippen molar-refractivity contribution in [3.8, 4) is 5.75 Å². The highest BCUT2D eigenvalue weighted by Crippen LogP contribution is 2.28. The van der Waals surface area contributed by atoms with Crippen LogP contribution in [-0.4, -0.2) is 33.4 Å². The fourth-order valence-electron chi connectivity index (χ4n) is 3.28. The fraction of sp³-hybridized carbons (Fsp3) is 0.727. The van der Waals surface area contributed by atoms with E-state index < -0.39 is 20.0 Å². The Labute approximate surface area is 189 Å². The summed E-state index contributed by atoms with van der Waals surface area (Å²) in [6, 6.07) is 4.01. The maximum atomic E-state index is 12.3. The van der Waals surface area contributed by atoms with Gasteiger partial charge in [0.2, 0.25) is 20.0 Å². The van der Waals surface area contributed by atoms with E-state index in [0.29, 0.717) is 12.8 Å². The van der Waals surface area contributed by atoms with Crippen LogP contribution in [-0.2, 0) is 20.0 Å². The van der Waals surface area contributed by atoms with Gasteiger partial charge in [0.15, 0.2) is 0 Å². The molecular weight excluding hydrogens is 436 g/mol. The fourth-order valence-corrected chi connectivity index (χ4v) is 5.63. The minimum atomic E-state index is -3.62. The molecule has 31 heavy (non-hydrogen) atoms. The Morgan fingerprint density at radius 2 is 1.13 bits per heavy atom. The van der Waals surface area contributed by atoms with Gasteiger partial charge in [0, 0.05) is 0 Å². The summed E-state index contributed by atoms with van der Waals surface area (Å²) < 4.78 is 54.1. The first-order valence-electron chi connectivity index (χ1n) is 11.5. The van der Waals surface area contributed by atoms with Gasteiger partial charge in [-0.15, -0.1) is 0 Å². The van der Waals surface area contributed by atoms with Gasteiger partial charge in [0.25, 0.3) is 0 Å². The van der Waals surface area contributed by atoms with E-state index in [9.17, 15) is 21.9 Å². The first-order chi connectivity index (χ1) is 14.7. The zero-order valence-corrected chi connectivity index (χ0v) is 20.7. The van der Waals surface area contributed by atoms with Crippen molar-refractivity contribution in [3.05, 3.63) is 18.2 Å². The summed E-state index contributed by atoms with van der Waals surface area (Å²) in [7, 11) is -7.16. The molecule has 1 rings (SSSR count). The molecule has 7 nitrogen and oxygen atoms in total. The van der Waals surface area contributed by atoms with Crippen LogP contribution in [0.3, 0.4) is 0 Å². The highest BCUT2D eigenvalue weighted by Gasteiger charge is 2.15. The molecule has 180 valence electrons. The lowest BCUT2D eigenvalue weighted by Crippen LogP contribution is -2.18. The van der Waals surface area contributed by atoms with Gasteiger partial charge in [0.05, 0.1) is 22.9 Å². The predicted octanol–water partition coefficient (Wildman–Crippen LogP) is 5.60. The Morgan fingerprint density at radius 1 is 0.677 bits per heavy atom. The SMILES string of the molecule is CCCCCCCCS(=O)(=O)Nc1ccc(O)c(NS(=O)(=O)CCCCCCCC)c1. The summed E-state index contributed by atoms with van der Waals surface area (Å²) in [5.74, 6) is -0.267. The Hall–Kier alpha value is -1.48. The second-order valence-electron chi connectivity index (χ2n) is 8.11. The second-order valence-corrected chi connectivity index (χ2v) is 11.8. The summed E-state index contributed by atoms with van der Waals surface area (Å²) >= 11 is 0. The lowest BCUT2D eigenvalue weighted by molar-refractivity contribution is 0.477. The van der Waals surface area contributed by atoms with Gasteiger partial charge in [0.1, 0.15) is 5.75 Å². The number of aromatic hydroxyl groups is 1. The van der Waals surface area contributed by atoms with E-state index in [1.165, 1.54) is 18.2 Å². The number of hydrogen-bond acceptors (Lipinski definition) is 5. The molecule has 0 heterocycles. The molecule has 0 radical (unpaired) electrons. The summed E-state index contributed by atoms with van der Waals surface area (Å²) in [5, 5.41) is 10.0. The molecule has 0 unspecified atom stereocenters. The molecule has 1 aromatic carbocycles. The van der Waals surface area contributed by atoms with E-state index in [2.05, 4.69) is 23.3 Å².